The van der Waals surface area contributed by atoms with E-state index in [1.54, 1.807) is 25.3 Å². The molecule has 8 nitrogen and oxygen atoms in total. The first kappa shape index (κ1) is 20.4. The molecule has 1 heterocycles. The zero-order valence-corrected chi connectivity index (χ0v) is 16.4. The maximum absolute atomic E-state index is 11.7. The Morgan fingerprint density at radius 1 is 1.24 bits per heavy atom. The Morgan fingerprint density at radius 3 is 2.76 bits per heavy atom. The maximum atomic E-state index is 11.7. The molecule has 1 atom stereocenters. The summed E-state index contributed by atoms with van der Waals surface area (Å²) >= 11 is 1.05. The Kier molecular flexibility index (Phi) is 6.85. The maximum Gasteiger partial charge on any atom is 0.305 e. The summed E-state index contributed by atoms with van der Waals surface area (Å²) in [5, 5.41) is 18.8. The number of carboxylic acid groups (broad SMARTS) is 1. The van der Waals surface area contributed by atoms with Gasteiger partial charge in [-0.15, -0.1) is 5.10 Å². The summed E-state index contributed by atoms with van der Waals surface area (Å²) < 4.78 is 11.2. The van der Waals surface area contributed by atoms with E-state index < -0.39 is 11.2 Å². The van der Waals surface area contributed by atoms with E-state index in [2.05, 4.69) is 15.5 Å². The molecule has 0 spiro atoms. The van der Waals surface area contributed by atoms with Crippen LogP contribution in [0.25, 0.3) is 0 Å². The smallest absolute Gasteiger partial charge is 0.305 e. The third-order valence-corrected chi connectivity index (χ3v) is 4.99. The average Bonchev–Trinajstić information content (AvgIpc) is 3.06. The molecule has 2 aromatic carbocycles. The fraction of sp³-hybridized carbons (Fsp3) is 0.200. The van der Waals surface area contributed by atoms with Crippen LogP contribution in [0.4, 0.5) is 0 Å². The van der Waals surface area contributed by atoms with Crippen LogP contribution >= 0.6 is 11.8 Å². The van der Waals surface area contributed by atoms with Gasteiger partial charge < -0.3 is 19.9 Å². The molecule has 0 bridgehead atoms. The molecule has 0 aromatic heterocycles. The number of thioether (sulfide) groups is 1. The number of aliphatic carboxylic acids is 1. The quantitative estimate of drug-likeness (QED) is 0.509. The molecule has 0 saturated carbocycles. The molecule has 1 aliphatic heterocycles. The van der Waals surface area contributed by atoms with Crippen LogP contribution in [0.15, 0.2) is 58.7 Å². The van der Waals surface area contributed by atoms with E-state index >= 15 is 0 Å². The minimum atomic E-state index is -1.04. The van der Waals surface area contributed by atoms with Crippen molar-refractivity contribution in [2.24, 2.45) is 10.2 Å². The lowest BCUT2D eigenvalue weighted by Crippen LogP contribution is -2.26. The fourth-order valence-corrected chi connectivity index (χ4v) is 3.43. The predicted molar refractivity (Wildman–Crippen MR) is 111 cm³/mol. The lowest BCUT2D eigenvalue weighted by Gasteiger charge is -2.11. The second kappa shape index (κ2) is 9.74. The highest BCUT2D eigenvalue weighted by Crippen LogP contribution is 2.28. The highest BCUT2D eigenvalue weighted by atomic mass is 32.2. The molecular formula is C20H19N3O5S. The van der Waals surface area contributed by atoms with Gasteiger partial charge in [-0.3, -0.25) is 9.59 Å². The van der Waals surface area contributed by atoms with Crippen LogP contribution in [0, 0.1) is 0 Å². The van der Waals surface area contributed by atoms with Gasteiger partial charge in [-0.05, 0) is 29.3 Å². The molecule has 150 valence electrons. The van der Waals surface area contributed by atoms with Crippen LogP contribution in [0.1, 0.15) is 17.5 Å². The summed E-state index contributed by atoms with van der Waals surface area (Å²) in [7, 11) is 1.55. The highest BCUT2D eigenvalue weighted by Gasteiger charge is 2.32. The number of carboxylic acids is 1. The number of carbonyl (C=O) groups is 2. The van der Waals surface area contributed by atoms with Crippen molar-refractivity contribution in [3.05, 3.63) is 59.7 Å². The zero-order chi connectivity index (χ0) is 20.6. The predicted octanol–water partition coefficient (Wildman–Crippen LogP) is 2.67. The summed E-state index contributed by atoms with van der Waals surface area (Å²) in [6, 6.07) is 15.2. The number of methoxy groups -OCH3 is 1. The molecule has 2 aromatic rings. The summed E-state index contributed by atoms with van der Waals surface area (Å²) in [6.07, 6.45) is 1.24. The first-order chi connectivity index (χ1) is 14.0. The molecule has 1 saturated heterocycles. The van der Waals surface area contributed by atoms with Crippen LogP contribution in [0.5, 0.6) is 11.5 Å². The van der Waals surface area contributed by atoms with Gasteiger partial charge in [-0.1, -0.05) is 42.1 Å². The van der Waals surface area contributed by atoms with Gasteiger partial charge in [0.1, 0.15) is 11.9 Å². The first-order valence-electron chi connectivity index (χ1n) is 8.70. The van der Waals surface area contributed by atoms with Crippen LogP contribution < -0.4 is 14.8 Å². The second-order valence-electron chi connectivity index (χ2n) is 6.03. The van der Waals surface area contributed by atoms with Gasteiger partial charge in [0.2, 0.25) is 5.91 Å². The molecule has 1 fully saturated rings. The number of ether oxygens (including phenoxy) is 2. The molecule has 3 rings (SSSR count). The minimum absolute atomic E-state index is 0.263. The second-order valence-corrected chi connectivity index (χ2v) is 7.22. The van der Waals surface area contributed by atoms with Crippen molar-refractivity contribution in [2.45, 2.75) is 18.3 Å². The Labute approximate surface area is 171 Å². The Morgan fingerprint density at radius 2 is 2.03 bits per heavy atom. The molecule has 9 heteroatoms. The van der Waals surface area contributed by atoms with Gasteiger partial charge in [0, 0.05) is 0 Å². The van der Waals surface area contributed by atoms with E-state index in [0.717, 1.165) is 22.9 Å². The molecule has 1 unspecified atom stereocenters. The van der Waals surface area contributed by atoms with Crippen molar-refractivity contribution in [1.82, 2.24) is 5.32 Å². The monoisotopic (exact) mass is 413 g/mol. The largest absolute Gasteiger partial charge is 0.493 e. The van der Waals surface area contributed by atoms with Crippen LogP contribution in [-0.4, -0.2) is 40.7 Å². The van der Waals surface area contributed by atoms with Crippen molar-refractivity contribution >= 4 is 35.0 Å². The molecule has 1 amide bonds. The van der Waals surface area contributed by atoms with Crippen molar-refractivity contribution in [3.63, 3.8) is 0 Å². The normalized spacial score (nSPS) is 17.5. The van der Waals surface area contributed by atoms with Crippen LogP contribution in [0.3, 0.4) is 0 Å². The number of amidine groups is 1. The molecule has 29 heavy (non-hydrogen) atoms. The third-order valence-electron chi connectivity index (χ3n) is 3.92. The van der Waals surface area contributed by atoms with E-state index in [0.29, 0.717) is 18.1 Å². The number of nitrogens with zero attached hydrogens (tertiary/aromatic N) is 2. The molecule has 0 aliphatic carbocycles. The average molecular weight is 413 g/mol. The Balaban J connectivity index is 1.62. The third kappa shape index (κ3) is 5.82. The van der Waals surface area contributed by atoms with Gasteiger partial charge >= 0.3 is 5.97 Å². The van der Waals surface area contributed by atoms with E-state index in [1.807, 2.05) is 30.3 Å². The number of hydrogen-bond donors (Lipinski definition) is 2. The van der Waals surface area contributed by atoms with E-state index in [9.17, 15) is 9.59 Å². The number of nitrogens with one attached hydrogen (secondary N) is 1. The van der Waals surface area contributed by atoms with Gasteiger partial charge in [0.15, 0.2) is 16.7 Å². The van der Waals surface area contributed by atoms with Crippen LogP contribution in [0.2, 0.25) is 0 Å². The van der Waals surface area contributed by atoms with Crippen molar-refractivity contribution < 1.29 is 24.2 Å². The van der Waals surface area contributed by atoms with E-state index in [4.69, 9.17) is 14.6 Å². The van der Waals surface area contributed by atoms with Crippen molar-refractivity contribution in [3.8, 4) is 11.5 Å². The van der Waals surface area contributed by atoms with Gasteiger partial charge in [0.25, 0.3) is 0 Å². The summed E-state index contributed by atoms with van der Waals surface area (Å²) in [4.78, 5) is 22.4. The van der Waals surface area contributed by atoms with Gasteiger partial charge in [0.05, 0.1) is 19.7 Å². The first-order valence-corrected chi connectivity index (χ1v) is 9.58. The van der Waals surface area contributed by atoms with Crippen LogP contribution in [-0.2, 0) is 16.2 Å². The number of carbonyl (C=O) groups excluding carboxylic acids is 1. The van der Waals surface area contributed by atoms with E-state index in [1.165, 1.54) is 6.21 Å². The summed E-state index contributed by atoms with van der Waals surface area (Å²) in [5.74, 6) is -0.255. The molecule has 2 N–H and O–H groups in total. The number of amides is 1. The van der Waals surface area contributed by atoms with Gasteiger partial charge in [-0.25, -0.2) is 0 Å². The SMILES string of the molecule is COc1cc(C=N/N=C2\NC(=O)C(CC(=O)O)S2)ccc1OCc1ccccc1. The highest BCUT2D eigenvalue weighted by molar-refractivity contribution is 8.15. The Bertz CT molecular complexity index is 946. The zero-order valence-electron chi connectivity index (χ0n) is 15.6. The minimum Gasteiger partial charge on any atom is -0.493 e. The van der Waals surface area contributed by atoms with Gasteiger partial charge in [-0.2, -0.15) is 5.10 Å². The number of hydrogen-bond acceptors (Lipinski definition) is 7. The molecule has 1 aliphatic rings. The lowest BCUT2D eigenvalue weighted by molar-refractivity contribution is -0.138. The van der Waals surface area contributed by atoms with E-state index in [-0.39, 0.29) is 17.5 Å². The molecular weight excluding hydrogens is 394 g/mol. The Hall–Kier alpha value is -3.33. The lowest BCUT2D eigenvalue weighted by atomic mass is 10.2. The summed E-state index contributed by atoms with van der Waals surface area (Å²) in [6.45, 7) is 0.423. The fourth-order valence-electron chi connectivity index (χ4n) is 2.51. The van der Waals surface area contributed by atoms with Crippen molar-refractivity contribution in [2.75, 3.05) is 7.11 Å². The topological polar surface area (TPSA) is 110 Å². The molecule has 0 radical (unpaired) electrons. The number of rotatable bonds is 8. The van der Waals surface area contributed by atoms with Crippen molar-refractivity contribution in [1.29, 1.82) is 0 Å². The number of benzene rings is 2. The summed E-state index contributed by atoms with van der Waals surface area (Å²) in [5.41, 5.74) is 1.78. The standard InChI is InChI=1S/C20H19N3O5S/c1-27-16-9-14(7-8-15(16)28-12-13-5-3-2-4-6-13)11-21-23-20-22-19(26)17(29-20)10-18(24)25/h2-9,11,17H,10,12H2,1H3,(H,24,25)(H,22,23,26).